The fraction of sp³-hybridized carbons (Fsp3) is 0.524. The Morgan fingerprint density at radius 1 is 1.20 bits per heavy atom. The zero-order valence-electron chi connectivity index (χ0n) is 14.7. The zero-order valence-corrected chi connectivity index (χ0v) is 14.7. The molecule has 0 saturated heterocycles. The van der Waals surface area contributed by atoms with Gasteiger partial charge in [-0.3, -0.25) is 9.78 Å². The summed E-state index contributed by atoms with van der Waals surface area (Å²) in [5.41, 5.74) is 8.28. The third-order valence-electron chi connectivity index (χ3n) is 6.38. The molecule has 0 bridgehead atoms. The summed E-state index contributed by atoms with van der Waals surface area (Å²) in [5.74, 6) is 0.592. The number of nitrogens with two attached hydrogens (primary N) is 1. The van der Waals surface area contributed by atoms with Crippen molar-refractivity contribution in [2.24, 2.45) is 17.1 Å². The van der Waals surface area contributed by atoms with Crippen LogP contribution in [0.15, 0.2) is 36.4 Å². The van der Waals surface area contributed by atoms with E-state index >= 15 is 0 Å². The number of carbonyl (C=O) groups excluding carboxylic acids is 1. The van der Waals surface area contributed by atoms with Crippen LogP contribution >= 0.6 is 0 Å². The molecule has 132 valence electrons. The van der Waals surface area contributed by atoms with Crippen LogP contribution in [0.1, 0.15) is 44.2 Å². The SMILES string of the molecule is NCC1CCC2(CCC2)C1NC(=O)CCc1ccc2ccccc2n1. The number of para-hydroxylation sites is 1. The number of carbonyl (C=O) groups is 1. The number of aromatic nitrogens is 1. The highest BCUT2D eigenvalue weighted by molar-refractivity contribution is 5.79. The third-order valence-corrected chi connectivity index (χ3v) is 6.38. The van der Waals surface area contributed by atoms with Crippen LogP contribution in [0.25, 0.3) is 10.9 Å². The van der Waals surface area contributed by atoms with Crippen molar-refractivity contribution in [3.63, 3.8) is 0 Å². The van der Waals surface area contributed by atoms with Crippen LogP contribution in [0.5, 0.6) is 0 Å². The first kappa shape index (κ1) is 16.5. The maximum absolute atomic E-state index is 12.5. The van der Waals surface area contributed by atoms with Gasteiger partial charge in [0.05, 0.1) is 5.52 Å². The fourth-order valence-corrected chi connectivity index (χ4v) is 4.75. The Kier molecular flexibility index (Phi) is 4.46. The standard InChI is InChI=1S/C21H27N3O/c22-14-16-10-13-21(11-3-12-21)20(16)24-19(25)9-8-17-7-6-15-4-1-2-5-18(15)23-17/h1-2,4-7,16,20H,3,8-14,22H2,(H,24,25). The van der Waals surface area contributed by atoms with Crippen molar-refractivity contribution >= 4 is 16.8 Å². The van der Waals surface area contributed by atoms with Crippen LogP contribution in [0.4, 0.5) is 0 Å². The molecule has 2 fully saturated rings. The lowest BCUT2D eigenvalue weighted by Gasteiger charge is -2.45. The molecular weight excluding hydrogens is 310 g/mol. The number of hydrogen-bond donors (Lipinski definition) is 2. The molecule has 2 unspecified atom stereocenters. The van der Waals surface area contributed by atoms with E-state index in [0.717, 1.165) is 23.0 Å². The molecule has 1 aromatic carbocycles. The molecule has 1 spiro atoms. The smallest absolute Gasteiger partial charge is 0.220 e. The molecule has 2 saturated carbocycles. The molecule has 4 heteroatoms. The molecule has 2 aliphatic carbocycles. The van der Waals surface area contributed by atoms with Crippen molar-refractivity contribution in [3.8, 4) is 0 Å². The van der Waals surface area contributed by atoms with E-state index in [1.54, 1.807) is 0 Å². The lowest BCUT2D eigenvalue weighted by atomic mass is 9.64. The van der Waals surface area contributed by atoms with Crippen molar-refractivity contribution in [2.75, 3.05) is 6.54 Å². The largest absolute Gasteiger partial charge is 0.352 e. The summed E-state index contributed by atoms with van der Waals surface area (Å²) >= 11 is 0. The number of fused-ring (bicyclic) bond motifs is 1. The van der Waals surface area contributed by atoms with E-state index in [4.69, 9.17) is 5.73 Å². The Morgan fingerprint density at radius 3 is 2.80 bits per heavy atom. The first-order valence-corrected chi connectivity index (χ1v) is 9.54. The molecule has 1 heterocycles. The van der Waals surface area contributed by atoms with Gasteiger partial charge in [-0.05, 0) is 62.1 Å². The second-order valence-electron chi connectivity index (χ2n) is 7.79. The van der Waals surface area contributed by atoms with Crippen LogP contribution in [0, 0.1) is 11.3 Å². The van der Waals surface area contributed by atoms with Gasteiger partial charge < -0.3 is 11.1 Å². The maximum atomic E-state index is 12.5. The molecule has 3 N–H and O–H groups in total. The average Bonchev–Trinajstić information content (AvgIpc) is 2.98. The van der Waals surface area contributed by atoms with Crippen molar-refractivity contribution in [2.45, 2.75) is 51.0 Å². The average molecular weight is 337 g/mol. The Bertz CT molecular complexity index is 769. The minimum atomic E-state index is 0.145. The molecule has 4 rings (SSSR count). The molecule has 0 radical (unpaired) electrons. The van der Waals surface area contributed by atoms with Gasteiger partial charge in [0, 0.05) is 23.5 Å². The molecule has 0 aliphatic heterocycles. The van der Waals surface area contributed by atoms with E-state index in [1.807, 2.05) is 24.3 Å². The van der Waals surface area contributed by atoms with Crippen LogP contribution in [-0.4, -0.2) is 23.5 Å². The van der Waals surface area contributed by atoms with Gasteiger partial charge in [-0.1, -0.05) is 30.7 Å². The van der Waals surface area contributed by atoms with Gasteiger partial charge in [-0.2, -0.15) is 0 Å². The highest BCUT2D eigenvalue weighted by atomic mass is 16.1. The Hall–Kier alpha value is -1.94. The minimum Gasteiger partial charge on any atom is -0.352 e. The molecule has 2 aromatic rings. The Morgan fingerprint density at radius 2 is 2.04 bits per heavy atom. The molecular formula is C21H27N3O. The summed E-state index contributed by atoms with van der Waals surface area (Å²) in [6.07, 6.45) is 7.37. The molecule has 25 heavy (non-hydrogen) atoms. The maximum Gasteiger partial charge on any atom is 0.220 e. The van der Waals surface area contributed by atoms with Crippen molar-refractivity contribution < 1.29 is 4.79 Å². The summed E-state index contributed by atoms with van der Waals surface area (Å²) in [4.78, 5) is 17.2. The lowest BCUT2D eigenvalue weighted by Crippen LogP contribution is -2.52. The van der Waals surface area contributed by atoms with Crippen LogP contribution in [0.3, 0.4) is 0 Å². The van der Waals surface area contributed by atoms with Crippen LogP contribution in [-0.2, 0) is 11.2 Å². The molecule has 1 amide bonds. The number of nitrogens with zero attached hydrogens (tertiary/aromatic N) is 1. The van der Waals surface area contributed by atoms with Gasteiger partial charge in [-0.15, -0.1) is 0 Å². The second-order valence-corrected chi connectivity index (χ2v) is 7.79. The van der Waals surface area contributed by atoms with Crippen LogP contribution in [0.2, 0.25) is 0 Å². The molecule has 2 atom stereocenters. The van der Waals surface area contributed by atoms with Crippen molar-refractivity contribution in [1.82, 2.24) is 10.3 Å². The van der Waals surface area contributed by atoms with E-state index in [2.05, 4.69) is 22.4 Å². The predicted octanol–water partition coefficient (Wildman–Crippen LogP) is 3.19. The molecule has 1 aromatic heterocycles. The first-order valence-electron chi connectivity index (χ1n) is 9.54. The predicted molar refractivity (Wildman–Crippen MR) is 100 cm³/mol. The number of benzene rings is 1. The third kappa shape index (κ3) is 3.15. The van der Waals surface area contributed by atoms with E-state index in [-0.39, 0.29) is 11.9 Å². The van der Waals surface area contributed by atoms with Crippen molar-refractivity contribution in [1.29, 1.82) is 0 Å². The summed E-state index contributed by atoms with van der Waals surface area (Å²) in [7, 11) is 0. The van der Waals surface area contributed by atoms with E-state index in [9.17, 15) is 4.79 Å². The minimum absolute atomic E-state index is 0.145. The van der Waals surface area contributed by atoms with E-state index in [0.29, 0.717) is 30.7 Å². The Labute approximate surface area is 149 Å². The van der Waals surface area contributed by atoms with Crippen LogP contribution < -0.4 is 11.1 Å². The van der Waals surface area contributed by atoms with Gasteiger partial charge in [0.25, 0.3) is 0 Å². The topological polar surface area (TPSA) is 68.0 Å². The number of hydrogen-bond acceptors (Lipinski definition) is 3. The number of amides is 1. The lowest BCUT2D eigenvalue weighted by molar-refractivity contribution is -0.123. The van der Waals surface area contributed by atoms with E-state index < -0.39 is 0 Å². The Balaban J connectivity index is 1.38. The molecule has 2 aliphatic rings. The summed E-state index contributed by atoms with van der Waals surface area (Å²) in [6.45, 7) is 0.679. The highest BCUT2D eigenvalue weighted by Crippen LogP contribution is 2.54. The van der Waals surface area contributed by atoms with Crippen molar-refractivity contribution in [3.05, 3.63) is 42.1 Å². The number of pyridine rings is 1. The number of aryl methyl sites for hydroxylation is 1. The monoisotopic (exact) mass is 337 g/mol. The highest BCUT2D eigenvalue weighted by Gasteiger charge is 2.51. The summed E-state index contributed by atoms with van der Waals surface area (Å²) < 4.78 is 0. The number of rotatable bonds is 5. The first-order chi connectivity index (χ1) is 12.2. The van der Waals surface area contributed by atoms with E-state index in [1.165, 1.54) is 25.7 Å². The quantitative estimate of drug-likeness (QED) is 0.880. The van der Waals surface area contributed by atoms with Gasteiger partial charge in [0.15, 0.2) is 0 Å². The van der Waals surface area contributed by atoms with Gasteiger partial charge in [0.1, 0.15) is 0 Å². The number of nitrogens with one attached hydrogen (secondary N) is 1. The zero-order chi connectivity index (χ0) is 17.3. The second kappa shape index (κ2) is 6.75. The fourth-order valence-electron chi connectivity index (χ4n) is 4.75. The van der Waals surface area contributed by atoms with Gasteiger partial charge >= 0.3 is 0 Å². The summed E-state index contributed by atoms with van der Waals surface area (Å²) in [5, 5.41) is 4.47. The van der Waals surface area contributed by atoms with Gasteiger partial charge in [-0.25, -0.2) is 0 Å². The normalized spacial score (nSPS) is 24.4. The molecule has 4 nitrogen and oxygen atoms in total. The van der Waals surface area contributed by atoms with Gasteiger partial charge in [0.2, 0.25) is 5.91 Å². The summed E-state index contributed by atoms with van der Waals surface area (Å²) in [6, 6.07) is 12.5.